The molecule has 2 aromatic heterocycles. The predicted octanol–water partition coefficient (Wildman–Crippen LogP) is 8.21. The molecule has 6 rings (SSSR count). The van der Waals surface area contributed by atoms with Gasteiger partial charge in [0.1, 0.15) is 5.60 Å². The van der Waals surface area contributed by atoms with Crippen LogP contribution in [0.5, 0.6) is 5.88 Å². The van der Waals surface area contributed by atoms with Crippen molar-refractivity contribution in [2.24, 2.45) is 0 Å². The molecule has 5 heteroatoms. The third-order valence-electron chi connectivity index (χ3n) is 8.60. The van der Waals surface area contributed by atoms with Crippen LogP contribution in [0.1, 0.15) is 41.9 Å². The Hall–Kier alpha value is -4.58. The molecule has 0 amide bonds. The highest BCUT2D eigenvalue weighted by atomic mass is 16.5. The molecule has 222 valence electrons. The summed E-state index contributed by atoms with van der Waals surface area (Å²) < 4.78 is 5.97. The summed E-state index contributed by atoms with van der Waals surface area (Å²) in [6.07, 6.45) is 6.06. The third-order valence-corrected chi connectivity index (χ3v) is 8.60. The molecule has 4 aromatic carbocycles. The predicted molar refractivity (Wildman–Crippen MR) is 180 cm³/mol. The summed E-state index contributed by atoms with van der Waals surface area (Å²) >= 11 is 0. The first-order valence-electron chi connectivity index (χ1n) is 15.3. The molecule has 0 aliphatic rings. The van der Waals surface area contributed by atoms with Crippen molar-refractivity contribution in [1.82, 2.24) is 14.9 Å². The van der Waals surface area contributed by atoms with Gasteiger partial charge in [-0.25, -0.2) is 4.98 Å². The van der Waals surface area contributed by atoms with E-state index in [1.165, 1.54) is 0 Å². The van der Waals surface area contributed by atoms with Crippen LogP contribution in [0.15, 0.2) is 122 Å². The number of benzene rings is 4. The van der Waals surface area contributed by atoms with Crippen molar-refractivity contribution in [1.29, 1.82) is 0 Å². The minimum atomic E-state index is -1.25. The number of nitrogens with zero attached hydrogens (tertiary/aromatic N) is 3. The molecule has 0 saturated carbocycles. The fourth-order valence-electron chi connectivity index (χ4n) is 6.34. The number of pyridine rings is 2. The number of rotatable bonds is 11. The lowest BCUT2D eigenvalue weighted by Crippen LogP contribution is -2.35. The van der Waals surface area contributed by atoms with Crippen LogP contribution in [0.25, 0.3) is 32.8 Å². The van der Waals surface area contributed by atoms with Gasteiger partial charge in [0.2, 0.25) is 5.88 Å². The van der Waals surface area contributed by atoms with Crippen molar-refractivity contribution in [2.75, 3.05) is 27.7 Å². The van der Waals surface area contributed by atoms with E-state index in [1.54, 1.807) is 13.3 Å². The molecule has 0 aliphatic heterocycles. The van der Waals surface area contributed by atoms with Gasteiger partial charge in [0.05, 0.1) is 12.6 Å². The molecule has 0 aliphatic carbocycles. The smallest absolute Gasteiger partial charge is 0.217 e. The van der Waals surface area contributed by atoms with Gasteiger partial charge < -0.3 is 14.7 Å². The van der Waals surface area contributed by atoms with E-state index in [2.05, 4.69) is 96.8 Å². The zero-order valence-corrected chi connectivity index (χ0v) is 25.6. The summed E-state index contributed by atoms with van der Waals surface area (Å²) in [5.74, 6) is 0.0792. The van der Waals surface area contributed by atoms with Crippen molar-refractivity contribution in [2.45, 2.75) is 30.8 Å². The maximum absolute atomic E-state index is 13.2. The monoisotopic (exact) mass is 581 g/mol. The summed E-state index contributed by atoms with van der Waals surface area (Å²) in [5, 5.41) is 16.5. The van der Waals surface area contributed by atoms with Gasteiger partial charge in [-0.2, -0.15) is 0 Å². The summed E-state index contributed by atoms with van der Waals surface area (Å²) in [7, 11) is 5.84. The fraction of sp³-hybridized carbons (Fsp3) is 0.231. The standard InChI is InChI=1S/C39H39N3O2/c1-42(2)24-9-8-22-39(43,34-21-20-28-11-4-5-12-31(28)25-34)37(30-18-16-29(17-19-30)33-14-10-23-40-27-33)35-26-32-13-6-7-15-36(32)41-38(35)44-3/h4-7,10-21,23,25-27,37,43H,8-9,22,24H2,1-3H3. The Bertz CT molecular complexity index is 1850. The van der Waals surface area contributed by atoms with E-state index in [-0.39, 0.29) is 0 Å². The van der Waals surface area contributed by atoms with Gasteiger partial charge in [0.15, 0.2) is 0 Å². The molecule has 0 radical (unpaired) electrons. The van der Waals surface area contributed by atoms with E-state index in [1.807, 2.05) is 42.6 Å². The molecule has 0 fully saturated rings. The summed E-state index contributed by atoms with van der Waals surface area (Å²) in [4.78, 5) is 11.4. The highest BCUT2D eigenvalue weighted by molar-refractivity contribution is 5.84. The minimum Gasteiger partial charge on any atom is -0.481 e. The number of hydrogen-bond acceptors (Lipinski definition) is 5. The summed E-state index contributed by atoms with van der Waals surface area (Å²) in [6, 6.07) is 37.4. The fourth-order valence-corrected chi connectivity index (χ4v) is 6.34. The van der Waals surface area contributed by atoms with Crippen LogP contribution in [-0.4, -0.2) is 47.7 Å². The molecule has 0 bridgehead atoms. The lowest BCUT2D eigenvalue weighted by molar-refractivity contribution is 0.00691. The lowest BCUT2D eigenvalue weighted by atomic mass is 9.70. The number of fused-ring (bicyclic) bond motifs is 2. The number of unbranched alkanes of at least 4 members (excludes halogenated alkanes) is 1. The quantitative estimate of drug-likeness (QED) is 0.156. The maximum atomic E-state index is 13.2. The highest BCUT2D eigenvalue weighted by Crippen LogP contribution is 2.48. The highest BCUT2D eigenvalue weighted by Gasteiger charge is 2.42. The van der Waals surface area contributed by atoms with Crippen molar-refractivity contribution in [3.63, 3.8) is 0 Å². The zero-order chi connectivity index (χ0) is 30.5. The minimum absolute atomic E-state index is 0.446. The van der Waals surface area contributed by atoms with Gasteiger partial charge in [-0.05, 0) is 97.2 Å². The van der Waals surface area contributed by atoms with E-state index in [0.717, 1.165) is 68.9 Å². The molecular weight excluding hydrogens is 542 g/mol. The zero-order valence-electron chi connectivity index (χ0n) is 25.6. The Labute approximate surface area is 259 Å². The van der Waals surface area contributed by atoms with Crippen LogP contribution in [0, 0.1) is 0 Å². The Balaban J connectivity index is 1.56. The number of aliphatic hydroxyl groups is 1. The average Bonchev–Trinajstić information content (AvgIpc) is 3.07. The van der Waals surface area contributed by atoms with Crippen molar-refractivity contribution in [3.8, 4) is 17.0 Å². The van der Waals surface area contributed by atoms with Gasteiger partial charge in [-0.1, -0.05) is 84.9 Å². The molecule has 2 heterocycles. The van der Waals surface area contributed by atoms with E-state index in [0.29, 0.717) is 12.3 Å². The number of para-hydroxylation sites is 1. The number of hydrogen-bond donors (Lipinski definition) is 1. The topological polar surface area (TPSA) is 58.5 Å². The number of methoxy groups -OCH3 is 1. The first-order valence-corrected chi connectivity index (χ1v) is 15.3. The first-order chi connectivity index (χ1) is 21.5. The van der Waals surface area contributed by atoms with Crippen LogP contribution >= 0.6 is 0 Å². The molecular formula is C39H39N3O2. The normalized spacial score (nSPS) is 13.7. The average molecular weight is 582 g/mol. The molecule has 5 nitrogen and oxygen atoms in total. The summed E-state index contributed by atoms with van der Waals surface area (Å²) in [6.45, 7) is 0.957. The Morgan fingerprint density at radius 1 is 0.773 bits per heavy atom. The van der Waals surface area contributed by atoms with Crippen LogP contribution in [0.4, 0.5) is 0 Å². The molecule has 0 spiro atoms. The van der Waals surface area contributed by atoms with Gasteiger partial charge in [0.25, 0.3) is 0 Å². The van der Waals surface area contributed by atoms with Crippen molar-refractivity contribution in [3.05, 3.63) is 138 Å². The molecule has 44 heavy (non-hydrogen) atoms. The van der Waals surface area contributed by atoms with Crippen LogP contribution in [-0.2, 0) is 5.60 Å². The van der Waals surface area contributed by atoms with Crippen molar-refractivity contribution < 1.29 is 9.84 Å². The molecule has 1 N–H and O–H groups in total. The molecule has 2 unspecified atom stereocenters. The summed E-state index contributed by atoms with van der Waals surface area (Å²) in [5.41, 5.74) is 4.48. The van der Waals surface area contributed by atoms with Crippen molar-refractivity contribution >= 4 is 21.7 Å². The van der Waals surface area contributed by atoms with Gasteiger partial charge in [-0.3, -0.25) is 4.98 Å². The van der Waals surface area contributed by atoms with Crippen LogP contribution in [0.2, 0.25) is 0 Å². The number of aromatic nitrogens is 2. The van der Waals surface area contributed by atoms with Gasteiger partial charge in [0, 0.05) is 29.3 Å². The SMILES string of the molecule is COc1nc2ccccc2cc1C(c1ccc(-c2cccnc2)cc1)C(O)(CCCCN(C)C)c1ccc2ccccc2c1. The van der Waals surface area contributed by atoms with Gasteiger partial charge >= 0.3 is 0 Å². The van der Waals surface area contributed by atoms with E-state index < -0.39 is 11.5 Å². The largest absolute Gasteiger partial charge is 0.481 e. The maximum Gasteiger partial charge on any atom is 0.217 e. The van der Waals surface area contributed by atoms with Gasteiger partial charge in [-0.15, -0.1) is 0 Å². The van der Waals surface area contributed by atoms with E-state index >= 15 is 0 Å². The number of ether oxygens (including phenoxy) is 1. The second-order valence-electron chi connectivity index (χ2n) is 11.8. The van der Waals surface area contributed by atoms with Crippen LogP contribution < -0.4 is 4.74 Å². The first kappa shape index (κ1) is 29.5. The van der Waals surface area contributed by atoms with E-state index in [4.69, 9.17) is 9.72 Å². The van der Waals surface area contributed by atoms with Crippen LogP contribution in [0.3, 0.4) is 0 Å². The third kappa shape index (κ3) is 6.07. The molecule has 2 atom stereocenters. The Morgan fingerprint density at radius 3 is 2.25 bits per heavy atom. The Kier molecular flexibility index (Phi) is 8.69. The van der Waals surface area contributed by atoms with E-state index in [9.17, 15) is 5.11 Å². The second-order valence-corrected chi connectivity index (χ2v) is 11.8. The lowest BCUT2D eigenvalue weighted by Gasteiger charge is -2.38. The Morgan fingerprint density at radius 2 is 1.52 bits per heavy atom. The molecule has 0 saturated heterocycles. The molecule has 6 aromatic rings. The second kappa shape index (κ2) is 13.0.